The highest BCUT2D eigenvalue weighted by molar-refractivity contribution is 6.35. The van der Waals surface area contributed by atoms with Crippen LogP contribution >= 0.6 is 11.6 Å². The van der Waals surface area contributed by atoms with E-state index in [1.807, 2.05) is 24.3 Å². The predicted molar refractivity (Wildman–Crippen MR) is 124 cm³/mol. The van der Waals surface area contributed by atoms with Crippen LogP contribution in [0, 0.1) is 0 Å². The molecule has 2 aliphatic rings. The zero-order valence-corrected chi connectivity index (χ0v) is 18.1. The molecule has 0 atom stereocenters. The number of fused-ring (bicyclic) bond motifs is 1. The Balaban J connectivity index is 1.40. The molecule has 162 valence electrons. The van der Waals surface area contributed by atoms with E-state index in [4.69, 9.17) is 26.1 Å². The van der Waals surface area contributed by atoms with Crippen LogP contribution in [0.2, 0.25) is 5.02 Å². The van der Waals surface area contributed by atoms with Crippen molar-refractivity contribution >= 4 is 39.8 Å². The molecule has 5 rings (SSSR count). The van der Waals surface area contributed by atoms with Gasteiger partial charge in [0.2, 0.25) is 5.95 Å². The van der Waals surface area contributed by atoms with Gasteiger partial charge in [0, 0.05) is 36.0 Å². The normalized spacial score (nSPS) is 17.6. The molecule has 1 aromatic heterocycles. The number of hydrogen-bond acceptors (Lipinski definition) is 7. The van der Waals surface area contributed by atoms with Crippen molar-refractivity contribution in [3.63, 3.8) is 0 Å². The van der Waals surface area contributed by atoms with Gasteiger partial charge >= 0.3 is 0 Å². The molecule has 7 nitrogen and oxygen atoms in total. The maximum Gasteiger partial charge on any atom is 0.227 e. The van der Waals surface area contributed by atoms with Gasteiger partial charge in [0.05, 0.1) is 18.2 Å². The molecule has 0 spiro atoms. The highest BCUT2D eigenvalue weighted by atomic mass is 35.5. The Kier molecular flexibility index (Phi) is 6.06. The summed E-state index contributed by atoms with van der Waals surface area (Å²) in [6.45, 7) is 5.24. The van der Waals surface area contributed by atoms with Crippen LogP contribution in [-0.2, 0) is 4.74 Å². The minimum atomic E-state index is 0.183. The van der Waals surface area contributed by atoms with Crippen molar-refractivity contribution in [1.82, 2.24) is 15.3 Å². The van der Waals surface area contributed by atoms with Gasteiger partial charge in [0.15, 0.2) is 0 Å². The van der Waals surface area contributed by atoms with Crippen molar-refractivity contribution in [1.29, 1.82) is 0 Å². The molecule has 2 aliphatic heterocycles. The standard InChI is InChI=1S/C23H26ClN5O2/c24-20-4-5-21(31-18-6-8-25-9-7-18)22-19(20)15-26-23(28-22)27-16-2-1-3-17(14-16)29-10-12-30-13-11-29/h1-5,14-15,18,25H,6-13H2,(H,26,27,28). The van der Waals surface area contributed by atoms with Crippen LogP contribution < -0.4 is 20.3 Å². The molecule has 8 heteroatoms. The summed E-state index contributed by atoms with van der Waals surface area (Å²) < 4.78 is 11.8. The molecule has 3 heterocycles. The SMILES string of the molecule is Clc1ccc(OC2CCNCC2)c2nc(Nc3cccc(N4CCOCC4)c3)ncc12. The third-order valence-corrected chi connectivity index (χ3v) is 6.05. The van der Waals surface area contributed by atoms with E-state index >= 15 is 0 Å². The van der Waals surface area contributed by atoms with Gasteiger partial charge < -0.3 is 25.0 Å². The largest absolute Gasteiger partial charge is 0.488 e. The number of ether oxygens (including phenoxy) is 2. The summed E-state index contributed by atoms with van der Waals surface area (Å²) in [5.41, 5.74) is 2.83. The highest BCUT2D eigenvalue weighted by Gasteiger charge is 2.18. The van der Waals surface area contributed by atoms with Crippen molar-refractivity contribution in [2.24, 2.45) is 0 Å². The quantitative estimate of drug-likeness (QED) is 0.622. The van der Waals surface area contributed by atoms with Gasteiger partial charge in [-0.2, -0.15) is 0 Å². The Morgan fingerprint density at radius 1 is 1.13 bits per heavy atom. The lowest BCUT2D eigenvalue weighted by Crippen LogP contribution is -2.36. The Morgan fingerprint density at radius 3 is 2.81 bits per heavy atom. The second-order valence-corrected chi connectivity index (χ2v) is 8.25. The number of nitrogens with one attached hydrogen (secondary N) is 2. The summed E-state index contributed by atoms with van der Waals surface area (Å²) in [6.07, 6.45) is 3.90. The summed E-state index contributed by atoms with van der Waals surface area (Å²) in [5, 5.41) is 8.11. The first kappa shape index (κ1) is 20.3. The number of morpholine rings is 1. The maximum atomic E-state index is 6.41. The Bertz CT molecular complexity index is 1050. The topological polar surface area (TPSA) is 71.5 Å². The van der Waals surface area contributed by atoms with Crippen molar-refractivity contribution < 1.29 is 9.47 Å². The molecule has 0 radical (unpaired) electrons. The van der Waals surface area contributed by atoms with E-state index in [0.29, 0.717) is 11.0 Å². The van der Waals surface area contributed by atoms with Gasteiger partial charge in [-0.3, -0.25) is 0 Å². The lowest BCUT2D eigenvalue weighted by atomic mass is 10.1. The van der Waals surface area contributed by atoms with Crippen molar-refractivity contribution in [2.75, 3.05) is 49.6 Å². The number of piperidine rings is 1. The number of anilines is 3. The van der Waals surface area contributed by atoms with Crippen LogP contribution in [0.15, 0.2) is 42.6 Å². The number of halogens is 1. The van der Waals surface area contributed by atoms with Crippen LogP contribution in [0.4, 0.5) is 17.3 Å². The van der Waals surface area contributed by atoms with Gasteiger partial charge in [-0.05, 0) is 56.3 Å². The van der Waals surface area contributed by atoms with Gasteiger partial charge in [0.25, 0.3) is 0 Å². The smallest absolute Gasteiger partial charge is 0.227 e. The average molecular weight is 440 g/mol. The molecule has 2 aromatic carbocycles. The van der Waals surface area contributed by atoms with Gasteiger partial charge in [-0.25, -0.2) is 9.97 Å². The molecule has 0 amide bonds. The van der Waals surface area contributed by atoms with Gasteiger partial charge in [-0.15, -0.1) is 0 Å². The first-order valence-corrected chi connectivity index (χ1v) is 11.2. The zero-order chi connectivity index (χ0) is 21.0. The molecular weight excluding hydrogens is 414 g/mol. The van der Waals surface area contributed by atoms with Crippen LogP contribution in [0.3, 0.4) is 0 Å². The molecular formula is C23H26ClN5O2. The second kappa shape index (κ2) is 9.26. The summed E-state index contributed by atoms with van der Waals surface area (Å²) in [4.78, 5) is 11.6. The number of rotatable bonds is 5. The summed E-state index contributed by atoms with van der Waals surface area (Å²) in [5.74, 6) is 1.27. The molecule has 0 unspecified atom stereocenters. The third kappa shape index (κ3) is 4.69. The van der Waals surface area contributed by atoms with Crippen LogP contribution in [0.25, 0.3) is 10.9 Å². The number of nitrogens with zero attached hydrogens (tertiary/aromatic N) is 3. The van der Waals surface area contributed by atoms with E-state index in [0.717, 1.165) is 80.3 Å². The molecule has 2 saturated heterocycles. The summed E-state index contributed by atoms with van der Waals surface area (Å²) in [6, 6.07) is 12.0. The molecule has 3 aromatic rings. The lowest BCUT2D eigenvalue weighted by Gasteiger charge is -2.29. The summed E-state index contributed by atoms with van der Waals surface area (Å²) in [7, 11) is 0. The number of benzene rings is 2. The zero-order valence-electron chi connectivity index (χ0n) is 17.3. The van der Waals surface area contributed by atoms with Crippen molar-refractivity contribution in [3.8, 4) is 5.75 Å². The molecule has 0 saturated carbocycles. The minimum Gasteiger partial charge on any atom is -0.488 e. The first-order chi connectivity index (χ1) is 15.3. The minimum absolute atomic E-state index is 0.183. The average Bonchev–Trinajstić information content (AvgIpc) is 2.82. The van der Waals surface area contributed by atoms with Crippen LogP contribution in [-0.4, -0.2) is 55.5 Å². The maximum absolute atomic E-state index is 6.41. The fourth-order valence-corrected chi connectivity index (χ4v) is 4.24. The first-order valence-electron chi connectivity index (χ1n) is 10.8. The predicted octanol–water partition coefficient (Wildman–Crippen LogP) is 3.99. The van der Waals surface area contributed by atoms with E-state index in [1.54, 1.807) is 6.20 Å². The molecule has 2 fully saturated rings. The molecule has 2 N–H and O–H groups in total. The second-order valence-electron chi connectivity index (χ2n) is 7.84. The summed E-state index contributed by atoms with van der Waals surface area (Å²) >= 11 is 6.41. The van der Waals surface area contributed by atoms with Gasteiger partial charge in [-0.1, -0.05) is 17.7 Å². The number of aromatic nitrogens is 2. The van der Waals surface area contributed by atoms with E-state index in [2.05, 4.69) is 32.7 Å². The van der Waals surface area contributed by atoms with Gasteiger partial charge in [0.1, 0.15) is 17.4 Å². The Hall–Kier alpha value is -2.61. The molecule has 0 bridgehead atoms. The van der Waals surface area contributed by atoms with Crippen LogP contribution in [0.5, 0.6) is 5.75 Å². The van der Waals surface area contributed by atoms with E-state index < -0.39 is 0 Å². The van der Waals surface area contributed by atoms with E-state index in [1.165, 1.54) is 0 Å². The monoisotopic (exact) mass is 439 g/mol. The lowest BCUT2D eigenvalue weighted by molar-refractivity contribution is 0.122. The van der Waals surface area contributed by atoms with Crippen molar-refractivity contribution in [2.45, 2.75) is 18.9 Å². The Labute approximate surface area is 186 Å². The van der Waals surface area contributed by atoms with Crippen LogP contribution in [0.1, 0.15) is 12.8 Å². The third-order valence-electron chi connectivity index (χ3n) is 5.72. The number of hydrogen-bond donors (Lipinski definition) is 2. The molecule has 0 aliphatic carbocycles. The highest BCUT2D eigenvalue weighted by Crippen LogP contribution is 2.32. The molecule has 31 heavy (non-hydrogen) atoms. The fraction of sp³-hybridized carbons (Fsp3) is 0.391. The van der Waals surface area contributed by atoms with E-state index in [9.17, 15) is 0 Å². The fourth-order valence-electron chi connectivity index (χ4n) is 4.04. The van der Waals surface area contributed by atoms with E-state index in [-0.39, 0.29) is 6.10 Å². The Morgan fingerprint density at radius 2 is 1.97 bits per heavy atom. The van der Waals surface area contributed by atoms with Crippen molar-refractivity contribution in [3.05, 3.63) is 47.6 Å².